The van der Waals surface area contributed by atoms with Gasteiger partial charge >= 0.3 is 0 Å². The molecule has 3 aromatic carbocycles. The van der Waals surface area contributed by atoms with Crippen LogP contribution in [0, 0.1) is 11.3 Å². The van der Waals surface area contributed by atoms with Crippen LogP contribution in [0.25, 0.3) is 6.08 Å². The number of nitriles is 1. The van der Waals surface area contributed by atoms with Crippen molar-refractivity contribution >= 4 is 49.3 Å². The van der Waals surface area contributed by atoms with Crippen LogP contribution in [0.2, 0.25) is 0 Å². The van der Waals surface area contributed by atoms with Crippen molar-refractivity contribution in [1.82, 2.24) is 0 Å². The number of amides is 1. The lowest BCUT2D eigenvalue weighted by molar-refractivity contribution is -0.112. The number of nitrogens with one attached hydrogen (secondary N) is 2. The summed E-state index contributed by atoms with van der Waals surface area (Å²) in [5.74, 6) is -0.442. The minimum absolute atomic E-state index is 0.0814. The highest BCUT2D eigenvalue weighted by molar-refractivity contribution is 9.10. The summed E-state index contributed by atoms with van der Waals surface area (Å²) in [7, 11) is -2.54. The fourth-order valence-electron chi connectivity index (χ4n) is 2.74. The highest BCUT2D eigenvalue weighted by atomic mass is 79.9. The van der Waals surface area contributed by atoms with Gasteiger partial charge in [-0.3, -0.25) is 9.52 Å². The number of anilines is 2. The first-order valence-electron chi connectivity index (χ1n) is 9.27. The van der Waals surface area contributed by atoms with Gasteiger partial charge < -0.3 is 10.1 Å². The van der Waals surface area contributed by atoms with Gasteiger partial charge in [0.25, 0.3) is 15.9 Å². The number of rotatable bonds is 7. The van der Waals surface area contributed by atoms with Crippen molar-refractivity contribution in [2.75, 3.05) is 17.1 Å². The maximum absolute atomic E-state index is 12.8. The molecule has 0 aromatic heterocycles. The normalized spacial score (nSPS) is 11.3. The summed E-state index contributed by atoms with van der Waals surface area (Å²) in [5, 5.41) is 12.0. The van der Waals surface area contributed by atoms with Crippen molar-refractivity contribution in [2.24, 2.45) is 0 Å². The molecule has 0 atom stereocenters. The number of methoxy groups -OCH3 is 1. The van der Waals surface area contributed by atoms with Crippen molar-refractivity contribution in [3.8, 4) is 11.8 Å². The molecular weight excluding hydrogens is 494 g/mol. The zero-order chi connectivity index (χ0) is 23.1. The molecule has 32 heavy (non-hydrogen) atoms. The smallest absolute Gasteiger partial charge is 0.266 e. The van der Waals surface area contributed by atoms with Gasteiger partial charge in [0.15, 0.2) is 0 Å². The number of carbonyl (C=O) groups excluding carboxylic acids is 1. The Hall–Kier alpha value is -3.61. The highest BCUT2D eigenvalue weighted by Crippen LogP contribution is 2.29. The standard InChI is InChI=1S/C23H18BrN3O4S/c1-31-22-12-11-20(32(29,30)27-19-9-7-18(24)8-10-19)14-21(22)26-23(28)17(15-25)13-16-5-3-2-4-6-16/h2-14,27H,1H3,(H,26,28)/b17-13+. The summed E-state index contributed by atoms with van der Waals surface area (Å²) in [6, 6.07) is 21.5. The molecule has 1 amide bonds. The maximum atomic E-state index is 12.8. The Morgan fingerprint density at radius 3 is 2.38 bits per heavy atom. The Balaban J connectivity index is 1.89. The maximum Gasteiger partial charge on any atom is 0.266 e. The first-order valence-corrected chi connectivity index (χ1v) is 11.5. The minimum atomic E-state index is -3.94. The van der Waals surface area contributed by atoms with Gasteiger partial charge in [-0.25, -0.2) is 8.42 Å². The molecule has 162 valence electrons. The molecule has 0 heterocycles. The molecule has 0 saturated carbocycles. The van der Waals surface area contributed by atoms with Crippen LogP contribution in [0.4, 0.5) is 11.4 Å². The fourth-order valence-corrected chi connectivity index (χ4v) is 4.09. The van der Waals surface area contributed by atoms with Gasteiger partial charge in [0.2, 0.25) is 0 Å². The van der Waals surface area contributed by atoms with Crippen molar-refractivity contribution < 1.29 is 17.9 Å². The van der Waals surface area contributed by atoms with E-state index in [1.165, 1.54) is 31.4 Å². The Labute approximate surface area is 194 Å². The molecule has 0 unspecified atom stereocenters. The van der Waals surface area contributed by atoms with Crippen LogP contribution >= 0.6 is 15.9 Å². The third-order valence-corrected chi connectivity index (χ3v) is 6.21. The second-order valence-corrected chi connectivity index (χ2v) is 9.11. The number of sulfonamides is 1. The Bertz CT molecular complexity index is 1300. The second kappa shape index (κ2) is 10.1. The average Bonchev–Trinajstić information content (AvgIpc) is 2.79. The molecule has 0 fully saturated rings. The summed E-state index contributed by atoms with van der Waals surface area (Å²) in [6.45, 7) is 0. The van der Waals surface area contributed by atoms with E-state index >= 15 is 0 Å². The van der Waals surface area contributed by atoms with E-state index in [0.717, 1.165) is 4.47 Å². The van der Waals surface area contributed by atoms with Crippen LogP contribution in [0.3, 0.4) is 0 Å². The van der Waals surface area contributed by atoms with Gasteiger partial charge in [-0.15, -0.1) is 0 Å². The van der Waals surface area contributed by atoms with Crippen molar-refractivity contribution in [1.29, 1.82) is 5.26 Å². The van der Waals surface area contributed by atoms with Crippen LogP contribution in [-0.4, -0.2) is 21.4 Å². The van der Waals surface area contributed by atoms with Crippen LogP contribution in [0.5, 0.6) is 5.75 Å². The Morgan fingerprint density at radius 1 is 1.06 bits per heavy atom. The number of halogens is 1. The molecule has 0 saturated heterocycles. The van der Waals surface area contributed by atoms with Crippen LogP contribution in [0.1, 0.15) is 5.56 Å². The molecule has 0 aliphatic carbocycles. The van der Waals surface area contributed by atoms with Gasteiger partial charge in [0, 0.05) is 10.2 Å². The molecule has 0 spiro atoms. The summed E-state index contributed by atoms with van der Waals surface area (Å²) >= 11 is 3.30. The number of nitrogens with zero attached hydrogens (tertiary/aromatic N) is 1. The fraction of sp³-hybridized carbons (Fsp3) is 0.0435. The number of ether oxygens (including phenoxy) is 1. The highest BCUT2D eigenvalue weighted by Gasteiger charge is 2.19. The topological polar surface area (TPSA) is 108 Å². The third kappa shape index (κ3) is 5.75. The molecule has 0 radical (unpaired) electrons. The van der Waals surface area contributed by atoms with E-state index < -0.39 is 15.9 Å². The van der Waals surface area contributed by atoms with E-state index in [-0.39, 0.29) is 21.9 Å². The molecule has 0 aliphatic rings. The molecule has 9 heteroatoms. The van der Waals surface area contributed by atoms with Crippen molar-refractivity contribution in [3.05, 3.63) is 88.4 Å². The van der Waals surface area contributed by atoms with Gasteiger partial charge in [0.05, 0.1) is 17.7 Å². The van der Waals surface area contributed by atoms with Gasteiger partial charge in [-0.2, -0.15) is 5.26 Å². The van der Waals surface area contributed by atoms with Crippen molar-refractivity contribution in [2.45, 2.75) is 4.90 Å². The lowest BCUT2D eigenvalue weighted by atomic mass is 10.1. The second-order valence-electron chi connectivity index (χ2n) is 6.51. The molecule has 7 nitrogen and oxygen atoms in total. The van der Waals surface area contributed by atoms with Gasteiger partial charge in [-0.1, -0.05) is 46.3 Å². The summed E-state index contributed by atoms with van der Waals surface area (Å²) in [4.78, 5) is 12.6. The van der Waals surface area contributed by atoms with Crippen molar-refractivity contribution in [3.63, 3.8) is 0 Å². The number of benzene rings is 3. The first-order chi connectivity index (χ1) is 15.3. The van der Waals surface area contributed by atoms with Crippen LogP contribution < -0.4 is 14.8 Å². The number of hydrogen-bond acceptors (Lipinski definition) is 5. The lowest BCUT2D eigenvalue weighted by Crippen LogP contribution is -2.16. The predicted octanol–water partition coefficient (Wildman–Crippen LogP) is 4.80. The SMILES string of the molecule is COc1ccc(S(=O)(=O)Nc2ccc(Br)cc2)cc1NC(=O)/C(C#N)=C/c1ccccc1. The molecular formula is C23H18BrN3O4S. The van der Waals surface area contributed by atoms with E-state index in [1.807, 2.05) is 12.1 Å². The zero-order valence-corrected chi connectivity index (χ0v) is 19.3. The molecule has 2 N–H and O–H groups in total. The van der Waals surface area contributed by atoms with Crippen LogP contribution in [0.15, 0.2) is 87.7 Å². The van der Waals surface area contributed by atoms with E-state index in [2.05, 4.69) is 26.0 Å². The minimum Gasteiger partial charge on any atom is -0.495 e. The molecule has 3 rings (SSSR count). The number of carbonyl (C=O) groups is 1. The summed E-state index contributed by atoms with van der Waals surface area (Å²) < 4.78 is 34.2. The van der Waals surface area contributed by atoms with Gasteiger partial charge in [-0.05, 0) is 54.1 Å². The zero-order valence-electron chi connectivity index (χ0n) is 16.9. The molecule has 0 bridgehead atoms. The quantitative estimate of drug-likeness (QED) is 0.349. The van der Waals surface area contributed by atoms with E-state index in [4.69, 9.17) is 4.74 Å². The van der Waals surface area contributed by atoms with Crippen LogP contribution in [-0.2, 0) is 14.8 Å². The number of hydrogen-bond donors (Lipinski definition) is 2. The predicted molar refractivity (Wildman–Crippen MR) is 127 cm³/mol. The molecule has 3 aromatic rings. The average molecular weight is 512 g/mol. The van der Waals surface area contributed by atoms with E-state index in [1.54, 1.807) is 48.5 Å². The lowest BCUT2D eigenvalue weighted by Gasteiger charge is -2.13. The summed E-state index contributed by atoms with van der Waals surface area (Å²) in [5.41, 5.74) is 1.04. The van der Waals surface area contributed by atoms with E-state index in [0.29, 0.717) is 11.3 Å². The first kappa shape index (κ1) is 23.1. The largest absolute Gasteiger partial charge is 0.495 e. The summed E-state index contributed by atoms with van der Waals surface area (Å²) in [6.07, 6.45) is 1.44. The third-order valence-electron chi connectivity index (χ3n) is 4.30. The monoisotopic (exact) mass is 511 g/mol. The Morgan fingerprint density at radius 2 is 1.75 bits per heavy atom. The molecule has 0 aliphatic heterocycles. The van der Waals surface area contributed by atoms with Gasteiger partial charge in [0.1, 0.15) is 17.4 Å². The Kier molecular flexibility index (Phi) is 7.30. The van der Waals surface area contributed by atoms with E-state index in [9.17, 15) is 18.5 Å².